The molecule has 2 amide bonds. The van der Waals surface area contributed by atoms with Crippen LogP contribution >= 0.6 is 0 Å². The molecule has 1 aliphatic rings. The van der Waals surface area contributed by atoms with Gasteiger partial charge >= 0.3 is 6.03 Å². The Kier molecular flexibility index (Phi) is 5.71. The summed E-state index contributed by atoms with van der Waals surface area (Å²) in [6.45, 7) is 5.49. The number of carbonyl (C=O) groups excluding carboxylic acids is 1. The summed E-state index contributed by atoms with van der Waals surface area (Å²) in [5.74, 6) is 1.81. The van der Waals surface area contributed by atoms with Gasteiger partial charge in [-0.2, -0.15) is 0 Å². The standard InChI is InChI=1S/C17H26N2O4/c1-11(2)7-8-18-17(21)19-9-12-14(22-3)5-6-15(23-4)16(12)13(20)10-19/h5-6,11,13,20H,7-10H2,1-4H3,(H,18,21)/t13-/m0/s1. The molecule has 0 saturated carbocycles. The quantitative estimate of drug-likeness (QED) is 0.873. The zero-order valence-electron chi connectivity index (χ0n) is 14.3. The fraction of sp³-hybridized carbons (Fsp3) is 0.588. The molecule has 0 fully saturated rings. The number of methoxy groups -OCH3 is 2. The number of hydrogen-bond donors (Lipinski definition) is 2. The van der Waals surface area contributed by atoms with Crippen LogP contribution in [-0.4, -0.2) is 43.3 Å². The average molecular weight is 322 g/mol. The SMILES string of the molecule is COc1ccc(OC)c2c1CN(C(=O)NCCC(C)C)C[C@@H]2O. The highest BCUT2D eigenvalue weighted by molar-refractivity contribution is 5.75. The van der Waals surface area contributed by atoms with Crippen molar-refractivity contribution in [2.45, 2.75) is 32.9 Å². The first-order valence-corrected chi connectivity index (χ1v) is 7.92. The van der Waals surface area contributed by atoms with Crippen LogP contribution in [0.15, 0.2) is 12.1 Å². The van der Waals surface area contributed by atoms with Crippen molar-refractivity contribution in [2.75, 3.05) is 27.3 Å². The van der Waals surface area contributed by atoms with E-state index in [4.69, 9.17) is 9.47 Å². The van der Waals surface area contributed by atoms with Crippen molar-refractivity contribution in [3.8, 4) is 11.5 Å². The number of aliphatic hydroxyl groups excluding tert-OH is 1. The van der Waals surface area contributed by atoms with Gasteiger partial charge in [0.05, 0.1) is 27.3 Å². The van der Waals surface area contributed by atoms with E-state index in [2.05, 4.69) is 19.2 Å². The van der Waals surface area contributed by atoms with Gasteiger partial charge in [0.15, 0.2) is 0 Å². The number of ether oxygens (including phenoxy) is 2. The minimum Gasteiger partial charge on any atom is -0.496 e. The molecule has 1 aromatic carbocycles. The van der Waals surface area contributed by atoms with E-state index in [1.54, 1.807) is 31.3 Å². The van der Waals surface area contributed by atoms with Gasteiger partial charge in [0, 0.05) is 17.7 Å². The zero-order chi connectivity index (χ0) is 17.0. The number of rotatable bonds is 5. The van der Waals surface area contributed by atoms with E-state index >= 15 is 0 Å². The first-order chi connectivity index (χ1) is 11.0. The number of hydrogen-bond acceptors (Lipinski definition) is 4. The first-order valence-electron chi connectivity index (χ1n) is 7.92. The second-order valence-electron chi connectivity index (χ2n) is 6.17. The lowest BCUT2D eigenvalue weighted by atomic mass is 9.95. The molecule has 0 aliphatic carbocycles. The predicted molar refractivity (Wildman–Crippen MR) is 87.8 cm³/mol. The number of aliphatic hydroxyl groups is 1. The van der Waals surface area contributed by atoms with Crippen molar-refractivity contribution >= 4 is 6.03 Å². The van der Waals surface area contributed by atoms with Crippen LogP contribution in [0.25, 0.3) is 0 Å². The molecule has 128 valence electrons. The Morgan fingerprint density at radius 3 is 2.61 bits per heavy atom. The second kappa shape index (κ2) is 7.55. The number of nitrogens with one attached hydrogen (secondary N) is 1. The first kappa shape index (κ1) is 17.4. The minimum absolute atomic E-state index is 0.166. The molecule has 6 nitrogen and oxygen atoms in total. The number of urea groups is 1. The van der Waals surface area contributed by atoms with E-state index in [-0.39, 0.29) is 12.6 Å². The van der Waals surface area contributed by atoms with Crippen LogP contribution in [0.5, 0.6) is 11.5 Å². The molecule has 2 rings (SSSR count). The van der Waals surface area contributed by atoms with Gasteiger partial charge in [-0.25, -0.2) is 4.79 Å². The van der Waals surface area contributed by atoms with E-state index in [1.165, 1.54) is 0 Å². The Hall–Kier alpha value is -1.95. The van der Waals surface area contributed by atoms with E-state index in [1.807, 2.05) is 0 Å². The van der Waals surface area contributed by atoms with Crippen LogP contribution in [0.3, 0.4) is 0 Å². The van der Waals surface area contributed by atoms with Crippen LogP contribution in [0.4, 0.5) is 4.79 Å². The summed E-state index contributed by atoms with van der Waals surface area (Å²) >= 11 is 0. The van der Waals surface area contributed by atoms with Gasteiger partial charge in [0.2, 0.25) is 0 Å². The summed E-state index contributed by atoms with van der Waals surface area (Å²) < 4.78 is 10.7. The van der Waals surface area contributed by atoms with E-state index in [9.17, 15) is 9.90 Å². The van der Waals surface area contributed by atoms with Crippen molar-refractivity contribution in [2.24, 2.45) is 5.92 Å². The smallest absolute Gasteiger partial charge is 0.317 e. The summed E-state index contributed by atoms with van der Waals surface area (Å²) in [6.07, 6.45) is 0.134. The molecule has 0 unspecified atom stereocenters. The molecule has 0 bridgehead atoms. The third-order valence-corrected chi connectivity index (χ3v) is 4.07. The van der Waals surface area contributed by atoms with Crippen molar-refractivity contribution in [1.82, 2.24) is 10.2 Å². The van der Waals surface area contributed by atoms with E-state index < -0.39 is 6.10 Å². The molecule has 1 aliphatic heterocycles. The Morgan fingerprint density at radius 1 is 1.35 bits per heavy atom. The van der Waals surface area contributed by atoms with Gasteiger partial charge < -0.3 is 24.8 Å². The lowest BCUT2D eigenvalue weighted by Crippen LogP contribution is -2.44. The summed E-state index contributed by atoms with van der Waals surface area (Å²) in [7, 11) is 3.15. The summed E-state index contributed by atoms with van der Waals surface area (Å²) in [6, 6.07) is 3.41. The highest BCUT2D eigenvalue weighted by atomic mass is 16.5. The van der Waals surface area contributed by atoms with Gasteiger partial charge in [-0.3, -0.25) is 0 Å². The van der Waals surface area contributed by atoms with E-state index in [0.29, 0.717) is 36.1 Å². The van der Waals surface area contributed by atoms with Crippen molar-refractivity contribution in [3.63, 3.8) is 0 Å². The van der Waals surface area contributed by atoms with Crippen LogP contribution in [0.1, 0.15) is 37.5 Å². The molecule has 0 aromatic heterocycles. The third-order valence-electron chi connectivity index (χ3n) is 4.07. The fourth-order valence-electron chi connectivity index (χ4n) is 2.81. The van der Waals surface area contributed by atoms with Crippen LogP contribution in [0.2, 0.25) is 0 Å². The molecular formula is C17H26N2O4. The Bertz CT molecular complexity index is 560. The average Bonchev–Trinajstić information content (AvgIpc) is 2.53. The van der Waals surface area contributed by atoms with Gasteiger partial charge in [-0.05, 0) is 24.5 Å². The molecule has 0 spiro atoms. The Morgan fingerprint density at radius 2 is 2.00 bits per heavy atom. The highest BCUT2D eigenvalue weighted by Crippen LogP contribution is 2.39. The topological polar surface area (TPSA) is 71.0 Å². The van der Waals surface area contributed by atoms with Crippen LogP contribution in [0, 0.1) is 5.92 Å². The lowest BCUT2D eigenvalue weighted by Gasteiger charge is -2.34. The fourth-order valence-corrected chi connectivity index (χ4v) is 2.81. The molecule has 0 saturated heterocycles. The number of benzene rings is 1. The molecule has 1 atom stereocenters. The summed E-state index contributed by atoms with van der Waals surface area (Å²) in [4.78, 5) is 13.9. The van der Waals surface area contributed by atoms with Gasteiger partial charge in [0.1, 0.15) is 17.6 Å². The van der Waals surface area contributed by atoms with Gasteiger partial charge in [-0.1, -0.05) is 13.8 Å². The van der Waals surface area contributed by atoms with Crippen LogP contribution < -0.4 is 14.8 Å². The highest BCUT2D eigenvalue weighted by Gasteiger charge is 2.31. The molecule has 1 aromatic rings. The van der Waals surface area contributed by atoms with Crippen LogP contribution in [-0.2, 0) is 6.54 Å². The number of carbonyl (C=O) groups is 1. The summed E-state index contributed by atoms with van der Waals surface area (Å²) in [5, 5.41) is 13.4. The zero-order valence-corrected chi connectivity index (χ0v) is 14.3. The third kappa shape index (κ3) is 3.88. The monoisotopic (exact) mass is 322 g/mol. The molecule has 2 N–H and O–H groups in total. The largest absolute Gasteiger partial charge is 0.496 e. The Balaban J connectivity index is 2.17. The number of fused-ring (bicyclic) bond motifs is 1. The number of nitrogens with zero attached hydrogens (tertiary/aromatic N) is 1. The minimum atomic E-state index is -0.792. The maximum absolute atomic E-state index is 12.3. The summed E-state index contributed by atoms with van der Waals surface area (Å²) in [5.41, 5.74) is 1.50. The van der Waals surface area contributed by atoms with Gasteiger partial charge in [-0.15, -0.1) is 0 Å². The van der Waals surface area contributed by atoms with Gasteiger partial charge in [0.25, 0.3) is 0 Å². The van der Waals surface area contributed by atoms with E-state index in [0.717, 1.165) is 12.0 Å². The number of β-amino-alcohol motifs (C(OH)–C–C–N with tert-alkyl or cyclic N) is 1. The number of amides is 2. The molecule has 23 heavy (non-hydrogen) atoms. The maximum Gasteiger partial charge on any atom is 0.317 e. The van der Waals surface area contributed by atoms with Crippen molar-refractivity contribution < 1.29 is 19.4 Å². The second-order valence-corrected chi connectivity index (χ2v) is 6.17. The van der Waals surface area contributed by atoms with Crippen molar-refractivity contribution in [1.29, 1.82) is 0 Å². The normalized spacial score (nSPS) is 17.0. The Labute approximate surface area is 137 Å². The molecule has 1 heterocycles. The molecule has 6 heteroatoms. The molecule has 0 radical (unpaired) electrons. The van der Waals surface area contributed by atoms with Crippen molar-refractivity contribution in [3.05, 3.63) is 23.3 Å². The predicted octanol–water partition coefficient (Wildman–Crippen LogP) is 2.31. The maximum atomic E-state index is 12.3. The molecular weight excluding hydrogens is 296 g/mol. The lowest BCUT2D eigenvalue weighted by molar-refractivity contribution is 0.100.